The maximum Gasteiger partial charge on any atom is 0.337 e. The van der Waals surface area contributed by atoms with E-state index in [4.69, 9.17) is 4.74 Å². The van der Waals surface area contributed by atoms with E-state index in [1.807, 2.05) is 12.1 Å². The van der Waals surface area contributed by atoms with Gasteiger partial charge in [-0.25, -0.2) is 9.59 Å². The van der Waals surface area contributed by atoms with Gasteiger partial charge in [-0.3, -0.25) is 0 Å². The molecule has 0 unspecified atom stereocenters. The maximum absolute atomic E-state index is 11.9. The smallest absolute Gasteiger partial charge is 0.337 e. The largest absolute Gasteiger partial charge is 0.494 e. The number of urea groups is 1. The molecule has 2 amide bonds. The van der Waals surface area contributed by atoms with Gasteiger partial charge in [0, 0.05) is 13.1 Å². The number of ether oxygens (including phenoxy) is 2. The highest BCUT2D eigenvalue weighted by Gasteiger charge is 2.12. The number of amides is 2. The van der Waals surface area contributed by atoms with E-state index >= 15 is 0 Å². The summed E-state index contributed by atoms with van der Waals surface area (Å²) in [6.07, 6.45) is 0.711. The first-order valence-corrected chi connectivity index (χ1v) is 9.72. The van der Waals surface area contributed by atoms with Crippen molar-refractivity contribution in [2.75, 3.05) is 20.3 Å². The Bertz CT molecular complexity index is 793. The zero-order chi connectivity index (χ0) is 21.3. The first-order valence-electron chi connectivity index (χ1n) is 9.72. The van der Waals surface area contributed by atoms with Gasteiger partial charge in [0.15, 0.2) is 0 Å². The van der Waals surface area contributed by atoms with Crippen LogP contribution in [0, 0.1) is 0 Å². The van der Waals surface area contributed by atoms with Crippen molar-refractivity contribution in [3.8, 4) is 5.75 Å². The molecule has 2 N–H and O–H groups in total. The number of esters is 1. The van der Waals surface area contributed by atoms with Crippen LogP contribution in [0.5, 0.6) is 5.75 Å². The van der Waals surface area contributed by atoms with Gasteiger partial charge in [0.25, 0.3) is 0 Å². The fraction of sp³-hybridized carbons (Fsp3) is 0.391. The predicted molar refractivity (Wildman–Crippen MR) is 113 cm³/mol. The lowest BCUT2D eigenvalue weighted by Crippen LogP contribution is -2.36. The number of carbonyl (C=O) groups is 2. The molecule has 6 nitrogen and oxygen atoms in total. The lowest BCUT2D eigenvalue weighted by atomic mass is 9.87. The molecular weight excluding hydrogens is 368 g/mol. The van der Waals surface area contributed by atoms with Crippen LogP contribution in [0.25, 0.3) is 0 Å². The van der Waals surface area contributed by atoms with Gasteiger partial charge in [-0.1, -0.05) is 45.0 Å². The lowest BCUT2D eigenvalue weighted by Gasteiger charge is -2.19. The van der Waals surface area contributed by atoms with Crippen molar-refractivity contribution in [1.29, 1.82) is 0 Å². The van der Waals surface area contributed by atoms with Crippen molar-refractivity contribution in [3.63, 3.8) is 0 Å². The quantitative estimate of drug-likeness (QED) is 0.520. The van der Waals surface area contributed by atoms with Crippen LogP contribution in [-0.2, 0) is 16.7 Å². The molecule has 0 heterocycles. The number of hydrogen-bond donors (Lipinski definition) is 2. The summed E-state index contributed by atoms with van der Waals surface area (Å²) >= 11 is 0. The molecule has 29 heavy (non-hydrogen) atoms. The van der Waals surface area contributed by atoms with E-state index in [9.17, 15) is 9.59 Å². The number of benzene rings is 2. The van der Waals surface area contributed by atoms with E-state index in [1.165, 1.54) is 12.7 Å². The van der Waals surface area contributed by atoms with Gasteiger partial charge in [0.2, 0.25) is 0 Å². The minimum absolute atomic E-state index is 0.124. The Kier molecular flexibility index (Phi) is 8.07. The Hall–Kier alpha value is -3.02. The SMILES string of the molecule is COC(=O)c1ccc(CNC(=O)NCCCOc2ccc(C(C)(C)C)cc2)cc1. The molecular formula is C23H30N2O4. The summed E-state index contributed by atoms with van der Waals surface area (Å²) < 4.78 is 10.4. The van der Waals surface area contributed by atoms with Crippen molar-refractivity contribution in [2.24, 2.45) is 0 Å². The third kappa shape index (κ3) is 7.49. The summed E-state index contributed by atoms with van der Waals surface area (Å²) in [6.45, 7) is 7.96. The van der Waals surface area contributed by atoms with E-state index in [-0.39, 0.29) is 17.4 Å². The van der Waals surface area contributed by atoms with E-state index in [0.717, 1.165) is 11.3 Å². The molecule has 0 aromatic heterocycles. The molecule has 2 aromatic carbocycles. The standard InChI is InChI=1S/C23H30N2O4/c1-23(2,3)19-10-12-20(13-11-19)29-15-5-14-24-22(27)25-16-17-6-8-18(9-7-17)21(26)28-4/h6-13H,5,14-16H2,1-4H3,(H2,24,25,27). The van der Waals surface area contributed by atoms with Crippen LogP contribution < -0.4 is 15.4 Å². The molecule has 2 rings (SSSR count). The molecule has 2 aromatic rings. The highest BCUT2D eigenvalue weighted by atomic mass is 16.5. The molecule has 0 spiro atoms. The molecule has 0 bridgehead atoms. The van der Waals surface area contributed by atoms with Gasteiger partial charge in [0.05, 0.1) is 19.3 Å². The van der Waals surface area contributed by atoms with Gasteiger partial charge in [-0.2, -0.15) is 0 Å². The molecule has 0 aliphatic carbocycles. The minimum Gasteiger partial charge on any atom is -0.494 e. The van der Waals surface area contributed by atoms with Gasteiger partial charge < -0.3 is 20.1 Å². The lowest BCUT2D eigenvalue weighted by molar-refractivity contribution is 0.0600. The number of nitrogens with one attached hydrogen (secondary N) is 2. The summed E-state index contributed by atoms with van der Waals surface area (Å²) in [7, 11) is 1.34. The second-order valence-electron chi connectivity index (χ2n) is 7.77. The third-order valence-electron chi connectivity index (χ3n) is 4.42. The Morgan fingerprint density at radius 3 is 2.17 bits per heavy atom. The molecule has 0 fully saturated rings. The van der Waals surface area contributed by atoms with Crippen molar-refractivity contribution >= 4 is 12.0 Å². The topological polar surface area (TPSA) is 76.7 Å². The Morgan fingerprint density at radius 2 is 1.59 bits per heavy atom. The number of rotatable bonds is 8. The maximum atomic E-state index is 11.9. The van der Waals surface area contributed by atoms with E-state index in [2.05, 4.69) is 48.3 Å². The van der Waals surface area contributed by atoms with E-state index in [0.29, 0.717) is 31.7 Å². The first kappa shape index (κ1) is 22.3. The number of carbonyl (C=O) groups excluding carboxylic acids is 2. The zero-order valence-electron chi connectivity index (χ0n) is 17.6. The van der Waals surface area contributed by atoms with Crippen LogP contribution in [0.1, 0.15) is 48.7 Å². The average molecular weight is 399 g/mol. The monoisotopic (exact) mass is 398 g/mol. The summed E-state index contributed by atoms with van der Waals surface area (Å²) in [5, 5.41) is 5.59. The second kappa shape index (κ2) is 10.5. The molecule has 156 valence electrons. The molecule has 0 radical (unpaired) electrons. The van der Waals surface area contributed by atoms with E-state index < -0.39 is 0 Å². The van der Waals surface area contributed by atoms with Gasteiger partial charge in [-0.15, -0.1) is 0 Å². The van der Waals surface area contributed by atoms with Crippen LogP contribution in [0.4, 0.5) is 4.79 Å². The summed E-state index contributed by atoms with van der Waals surface area (Å²) in [5.41, 5.74) is 2.77. The minimum atomic E-state index is -0.380. The normalized spacial score (nSPS) is 10.9. The van der Waals surface area contributed by atoms with Gasteiger partial charge in [0.1, 0.15) is 5.75 Å². The molecule has 0 saturated heterocycles. The highest BCUT2D eigenvalue weighted by molar-refractivity contribution is 5.89. The number of hydrogen-bond acceptors (Lipinski definition) is 4. The molecule has 0 aliphatic heterocycles. The zero-order valence-corrected chi connectivity index (χ0v) is 17.6. The molecule has 0 saturated carbocycles. The van der Waals surface area contributed by atoms with Crippen LogP contribution in [0.2, 0.25) is 0 Å². The average Bonchev–Trinajstić information content (AvgIpc) is 2.71. The third-order valence-corrected chi connectivity index (χ3v) is 4.42. The Morgan fingerprint density at radius 1 is 0.931 bits per heavy atom. The van der Waals surface area contributed by atoms with Crippen LogP contribution in [-0.4, -0.2) is 32.3 Å². The predicted octanol–water partition coefficient (Wildman–Crippen LogP) is 4.04. The summed E-state index contributed by atoms with van der Waals surface area (Å²) in [4.78, 5) is 23.3. The van der Waals surface area contributed by atoms with Crippen LogP contribution >= 0.6 is 0 Å². The fourth-order valence-electron chi connectivity index (χ4n) is 2.64. The molecule has 6 heteroatoms. The summed E-state index contributed by atoms with van der Waals surface area (Å²) in [6, 6.07) is 14.8. The highest BCUT2D eigenvalue weighted by Crippen LogP contribution is 2.24. The summed E-state index contributed by atoms with van der Waals surface area (Å²) in [5.74, 6) is 0.451. The second-order valence-corrected chi connectivity index (χ2v) is 7.77. The fourth-order valence-corrected chi connectivity index (χ4v) is 2.64. The van der Waals surface area contributed by atoms with E-state index in [1.54, 1.807) is 24.3 Å². The van der Waals surface area contributed by atoms with Crippen molar-refractivity contribution in [2.45, 2.75) is 39.2 Å². The van der Waals surface area contributed by atoms with Crippen molar-refractivity contribution in [3.05, 3.63) is 65.2 Å². The molecule has 0 aliphatic rings. The van der Waals surface area contributed by atoms with Crippen molar-refractivity contribution < 1.29 is 19.1 Å². The number of methoxy groups -OCH3 is 1. The first-order chi connectivity index (χ1) is 13.8. The van der Waals surface area contributed by atoms with Crippen LogP contribution in [0.3, 0.4) is 0 Å². The Balaban J connectivity index is 1.62. The molecule has 0 atom stereocenters. The van der Waals surface area contributed by atoms with Crippen molar-refractivity contribution in [1.82, 2.24) is 10.6 Å². The van der Waals surface area contributed by atoms with Gasteiger partial charge >= 0.3 is 12.0 Å². The van der Waals surface area contributed by atoms with Gasteiger partial charge in [-0.05, 0) is 47.2 Å². The van der Waals surface area contributed by atoms with Crippen LogP contribution in [0.15, 0.2) is 48.5 Å². The Labute approximate surface area is 172 Å².